The SMILES string of the molecule is CCOC(=O)CBr.CCOC(=O)Cn1nc(C(F)(F)F)c2c1C1CC1C2.CCOC(=O)Cn1nc(C(F)(F)F)c2c1C1CC1C21SCCS1.CCOC(=O)Cn1nc(C(F)(F)F)c2c1C1CC1C2=O.FC(F)(F)c1n[nH]c2c1CC1CC21.O=C1C(C(=O)C(F)(F)F)CC2CC12.O=C1C=CCC1.O=C1CCC2CC12. The lowest BCUT2D eigenvalue weighted by atomic mass is 9.97. The van der Waals surface area contributed by atoms with Gasteiger partial charge in [-0.2, -0.15) is 86.3 Å². The first-order valence-electron chi connectivity index (χ1n) is 35.2. The first-order chi connectivity index (χ1) is 50.7. The van der Waals surface area contributed by atoms with Crippen LogP contribution in [0.2, 0.25) is 0 Å². The number of Topliss-reactive ketones (excluding diaryl/α,β-unsaturated/α-hetero) is 4. The maximum atomic E-state index is 13.5. The van der Waals surface area contributed by atoms with Crippen LogP contribution in [0.15, 0.2) is 12.2 Å². The van der Waals surface area contributed by atoms with Crippen molar-refractivity contribution in [1.29, 1.82) is 0 Å². The largest absolute Gasteiger partial charge is 0.465 e. The van der Waals surface area contributed by atoms with Gasteiger partial charge in [-0.25, -0.2) is 0 Å². The van der Waals surface area contributed by atoms with Crippen LogP contribution >= 0.6 is 39.5 Å². The van der Waals surface area contributed by atoms with Crippen LogP contribution in [0.4, 0.5) is 65.9 Å². The quantitative estimate of drug-likeness (QED) is 0.0454. The number of ether oxygens (including phenoxy) is 4. The monoisotopic (exact) mass is 1650 g/mol. The topological polar surface area (TPSA) is 273 Å². The fourth-order valence-corrected chi connectivity index (χ4v) is 19.6. The van der Waals surface area contributed by atoms with Crippen LogP contribution in [0.1, 0.15) is 195 Å². The molecule has 0 bridgehead atoms. The molecule has 4 aromatic heterocycles. The number of aromatic nitrogens is 8. The molecule has 0 aromatic carbocycles. The number of thioether (sulfide) groups is 2. The van der Waals surface area contributed by atoms with Gasteiger partial charge in [0.2, 0.25) is 5.78 Å². The molecule has 4 aromatic rings. The molecule has 14 aliphatic rings. The second-order valence-electron chi connectivity index (χ2n) is 28.1. The molecule has 1 aliphatic heterocycles. The lowest BCUT2D eigenvalue weighted by molar-refractivity contribution is -0.176. The molecule has 39 heteroatoms. The minimum absolute atomic E-state index is 0.0591. The number of alkyl halides is 16. The maximum Gasteiger partial charge on any atom is 0.450 e. The molecule has 592 valence electrons. The van der Waals surface area contributed by atoms with Crippen LogP contribution in [0.25, 0.3) is 0 Å². The van der Waals surface area contributed by atoms with Gasteiger partial charge in [-0.05, 0) is 134 Å². The molecule has 1 saturated heterocycles. The summed E-state index contributed by atoms with van der Waals surface area (Å²) in [5.41, 5.74) is -0.716. The van der Waals surface area contributed by atoms with Crippen molar-refractivity contribution in [3.05, 3.63) is 80.0 Å². The molecule has 5 heterocycles. The molecule has 0 radical (unpaired) electrons. The van der Waals surface area contributed by atoms with Crippen LogP contribution in [0.3, 0.4) is 0 Å². The number of nitrogens with one attached hydrogen (secondary N) is 1. The minimum atomic E-state index is -4.85. The van der Waals surface area contributed by atoms with E-state index in [4.69, 9.17) is 14.2 Å². The van der Waals surface area contributed by atoms with Crippen molar-refractivity contribution in [3.63, 3.8) is 0 Å². The summed E-state index contributed by atoms with van der Waals surface area (Å²) in [6.07, 6.45) is -9.11. The number of rotatable bonds is 12. The van der Waals surface area contributed by atoms with Gasteiger partial charge in [0.25, 0.3) is 0 Å². The third-order valence-electron chi connectivity index (χ3n) is 20.9. The van der Waals surface area contributed by atoms with E-state index >= 15 is 0 Å². The summed E-state index contributed by atoms with van der Waals surface area (Å²) >= 11 is 6.16. The second-order valence-corrected chi connectivity index (χ2v) is 31.6. The fourth-order valence-electron chi connectivity index (χ4n) is 15.7. The molecule has 18 rings (SSSR count). The Balaban J connectivity index is 0.000000127. The van der Waals surface area contributed by atoms with E-state index in [9.17, 15) is 109 Å². The smallest absolute Gasteiger partial charge is 0.450 e. The summed E-state index contributed by atoms with van der Waals surface area (Å²) in [5, 5.41) is 16.9. The molecule has 108 heavy (non-hydrogen) atoms. The Hall–Kier alpha value is -7.06. The predicted octanol–water partition coefficient (Wildman–Crippen LogP) is 13.4. The van der Waals surface area contributed by atoms with E-state index in [-0.39, 0.29) is 109 Å². The highest BCUT2D eigenvalue weighted by molar-refractivity contribution is 9.09. The molecule has 13 unspecified atom stereocenters. The molecule has 13 atom stereocenters. The third-order valence-corrected chi connectivity index (χ3v) is 25.0. The Morgan fingerprint density at radius 2 is 1.05 bits per heavy atom. The zero-order valence-electron chi connectivity index (χ0n) is 58.2. The average molecular weight is 1650 g/mol. The Kier molecular flexibility index (Phi) is 24.0. The molecule has 1 spiro atoms. The summed E-state index contributed by atoms with van der Waals surface area (Å²) < 4.78 is 212. The number of carbonyl (C=O) groups excluding carboxylic acids is 9. The maximum absolute atomic E-state index is 13.5. The average Bonchev–Trinajstić information content (AvgIpc) is 1.50. The number of halogens is 16. The summed E-state index contributed by atoms with van der Waals surface area (Å²) in [6.45, 7) is 6.83. The third kappa shape index (κ3) is 17.8. The number of hydrogen-bond acceptors (Lipinski definition) is 19. The molecule has 0 amide bonds. The standard InChI is InChI=1S/C14H15F3N2O2S2.C12H11F3N2O3.C12H13F3N2O2.C8H7F3N2.C8H7F3O2.C6H8O.C5H6O.C4H7BrO2/c1-2-21-9(20)6-19-11-7-5-8(7)13(22-3-4-23-13)10(11)12(18-19)14(15,16)17;1-2-20-7(18)4-17-9-5-3-6(5)10(19)8(9)11(16-17)12(13,14)15;1-2-19-9(18)5-17-10-7-3-6(7)4-8(10)11(16-17)12(13,14)15;9-8(10,11)7-5-2-3-1-4(3)6(5)12-13-7;9-8(10,11)7(13)5-2-3-1-4(3)6(5)12;7-6-2-1-4-3-5(4)6;6-5-3-1-2-4-5;1-2-7-4(6)3-5/h7-8H,2-6H2,1H3;5-6H,2-4H2,1H3;6-7H,2-5H2,1H3;3-4H,1-2H2,(H,12,13);3-5H,1-2H2;4-5H,1-3H2;1,3H,2,4H2;2-3H2,1H3. The molecular formula is C69H74BrF15N8O13S2. The zero-order chi connectivity index (χ0) is 78.8. The van der Waals surface area contributed by atoms with Crippen molar-refractivity contribution in [1.82, 2.24) is 39.5 Å². The fraction of sp³-hybridized carbons (Fsp3) is 0.667. The zero-order valence-corrected chi connectivity index (χ0v) is 61.4. The van der Waals surface area contributed by atoms with Gasteiger partial charge in [0.05, 0.1) is 47.7 Å². The number of hydrogen-bond donors (Lipinski definition) is 1. The van der Waals surface area contributed by atoms with Crippen LogP contribution in [-0.2, 0) is 119 Å². The van der Waals surface area contributed by atoms with Crippen LogP contribution in [-0.4, -0.2) is 142 Å². The lowest BCUT2D eigenvalue weighted by Crippen LogP contribution is -2.34. The Morgan fingerprint density at radius 3 is 1.50 bits per heavy atom. The van der Waals surface area contributed by atoms with E-state index in [0.29, 0.717) is 89.6 Å². The first kappa shape index (κ1) is 81.9. The van der Waals surface area contributed by atoms with Gasteiger partial charge in [-0.1, -0.05) is 22.0 Å². The van der Waals surface area contributed by atoms with E-state index in [1.807, 2.05) is 6.08 Å². The van der Waals surface area contributed by atoms with E-state index in [2.05, 4.69) is 46.2 Å². The van der Waals surface area contributed by atoms with Crippen LogP contribution in [0, 0.1) is 53.3 Å². The molecule has 1 N–H and O–H groups in total. The van der Waals surface area contributed by atoms with Crippen molar-refractivity contribution < 1.29 is 128 Å². The van der Waals surface area contributed by atoms with E-state index < -0.39 is 105 Å². The summed E-state index contributed by atoms with van der Waals surface area (Å²) in [6, 6.07) is 0. The summed E-state index contributed by atoms with van der Waals surface area (Å²) in [4.78, 5) is 99.2. The van der Waals surface area contributed by atoms with Gasteiger partial charge in [0.1, 0.15) is 36.5 Å². The number of esters is 4. The summed E-state index contributed by atoms with van der Waals surface area (Å²) in [5.74, 6) is -1.48. The highest BCUT2D eigenvalue weighted by Gasteiger charge is 2.68. The number of ketones is 5. The Morgan fingerprint density at radius 1 is 0.537 bits per heavy atom. The second kappa shape index (κ2) is 31.6. The number of allylic oxidation sites excluding steroid dienone is 2. The van der Waals surface area contributed by atoms with Gasteiger partial charge < -0.3 is 18.9 Å². The Bertz CT molecular complexity index is 4190. The lowest BCUT2D eigenvalue weighted by Gasteiger charge is -2.25. The van der Waals surface area contributed by atoms with Gasteiger partial charge in [0.15, 0.2) is 34.3 Å². The number of carbonyl (C=O) groups is 9. The highest BCUT2D eigenvalue weighted by Crippen LogP contribution is 2.76. The van der Waals surface area contributed by atoms with E-state index in [0.717, 1.165) is 66.3 Å². The van der Waals surface area contributed by atoms with Crippen molar-refractivity contribution >= 4 is 92.2 Å². The van der Waals surface area contributed by atoms with Gasteiger partial charge in [-0.3, -0.25) is 62.3 Å². The summed E-state index contributed by atoms with van der Waals surface area (Å²) in [7, 11) is 0. The molecule has 13 aliphatic carbocycles. The van der Waals surface area contributed by atoms with Gasteiger partial charge in [-0.15, -0.1) is 23.5 Å². The van der Waals surface area contributed by atoms with Gasteiger partial charge >= 0.3 is 54.8 Å². The highest BCUT2D eigenvalue weighted by atomic mass is 79.9. The first-order valence-corrected chi connectivity index (χ1v) is 38.3. The number of H-pyrrole nitrogens is 1. The van der Waals surface area contributed by atoms with Crippen LogP contribution in [0.5, 0.6) is 0 Å². The van der Waals surface area contributed by atoms with E-state index in [1.165, 1.54) is 22.2 Å². The van der Waals surface area contributed by atoms with Crippen molar-refractivity contribution in [2.24, 2.45) is 53.3 Å². The minimum Gasteiger partial charge on any atom is -0.465 e. The molecule has 21 nitrogen and oxygen atoms in total. The normalized spacial score (nSPS) is 27.1. The van der Waals surface area contributed by atoms with Crippen molar-refractivity contribution in [3.8, 4) is 0 Å². The number of nitrogens with zero attached hydrogens (tertiary/aromatic N) is 7. The molecule has 8 saturated carbocycles. The van der Waals surface area contributed by atoms with Gasteiger partial charge in [0, 0.05) is 99.5 Å². The molecular weight excluding hydrogens is 1580 g/mol. The molecule has 9 fully saturated rings. The number of fused-ring (bicyclic) bond motifs is 16. The predicted molar refractivity (Wildman–Crippen MR) is 352 cm³/mol. The van der Waals surface area contributed by atoms with Crippen molar-refractivity contribution in [2.75, 3.05) is 43.3 Å². The van der Waals surface area contributed by atoms with E-state index in [1.54, 1.807) is 57.3 Å². The Labute approximate surface area is 622 Å². The van der Waals surface area contributed by atoms with Crippen molar-refractivity contribution in [2.45, 2.75) is 189 Å². The number of aromatic amines is 1. The van der Waals surface area contributed by atoms with Crippen LogP contribution < -0.4 is 0 Å².